The van der Waals surface area contributed by atoms with Gasteiger partial charge in [0, 0.05) is 16.5 Å². The highest BCUT2D eigenvalue weighted by atomic mass is 127. The molecule has 1 aromatic heterocycles. The SMILES string of the molecule is Cc1c(C)c2cc(I)c(OCC#N)c(C)c2oc1=O. The number of benzene rings is 1. The molecule has 98 valence electrons. The van der Waals surface area contributed by atoms with Crippen molar-refractivity contribution in [2.75, 3.05) is 6.61 Å². The maximum Gasteiger partial charge on any atom is 0.339 e. The summed E-state index contributed by atoms with van der Waals surface area (Å²) in [6.07, 6.45) is 0. The summed E-state index contributed by atoms with van der Waals surface area (Å²) in [5, 5.41) is 9.50. The second-order valence-electron chi connectivity index (χ2n) is 4.28. The average Bonchev–Trinajstić information content (AvgIpc) is 2.38. The van der Waals surface area contributed by atoms with Gasteiger partial charge in [-0.25, -0.2) is 4.79 Å². The Bertz CT molecular complexity index is 756. The van der Waals surface area contributed by atoms with E-state index >= 15 is 0 Å². The first-order valence-electron chi connectivity index (χ1n) is 5.70. The molecule has 2 aromatic rings. The fourth-order valence-corrected chi connectivity index (χ4v) is 2.83. The van der Waals surface area contributed by atoms with Gasteiger partial charge in [0.25, 0.3) is 0 Å². The van der Waals surface area contributed by atoms with Crippen LogP contribution in [0.3, 0.4) is 0 Å². The number of hydrogen-bond acceptors (Lipinski definition) is 4. The molecule has 0 unspecified atom stereocenters. The summed E-state index contributed by atoms with van der Waals surface area (Å²) in [6, 6.07) is 3.85. The van der Waals surface area contributed by atoms with Crippen molar-refractivity contribution in [3.63, 3.8) is 0 Å². The Morgan fingerprint density at radius 3 is 2.63 bits per heavy atom. The van der Waals surface area contributed by atoms with E-state index in [1.165, 1.54) is 0 Å². The molecule has 1 aromatic carbocycles. The number of halogens is 1. The molecule has 19 heavy (non-hydrogen) atoms. The van der Waals surface area contributed by atoms with Gasteiger partial charge in [-0.3, -0.25) is 0 Å². The number of ether oxygens (including phenoxy) is 1. The standard InChI is InChI=1S/C14H12INO3/c1-7-8(2)14(17)19-12-9(3)13(18-5-4-16)11(15)6-10(7)12/h6H,5H2,1-3H3. The molecule has 1 heterocycles. The Labute approximate surface area is 124 Å². The number of nitriles is 1. The molecule has 0 aliphatic rings. The Hall–Kier alpha value is -1.55. The molecular weight excluding hydrogens is 357 g/mol. The summed E-state index contributed by atoms with van der Waals surface area (Å²) in [7, 11) is 0. The van der Waals surface area contributed by atoms with Gasteiger partial charge in [0.05, 0.1) is 3.57 Å². The van der Waals surface area contributed by atoms with Gasteiger partial charge in [0.15, 0.2) is 6.61 Å². The van der Waals surface area contributed by atoms with Gasteiger partial charge in [0.2, 0.25) is 0 Å². The summed E-state index contributed by atoms with van der Waals surface area (Å²) in [6.45, 7) is 5.45. The monoisotopic (exact) mass is 369 g/mol. The second-order valence-corrected chi connectivity index (χ2v) is 5.44. The van der Waals surface area contributed by atoms with Gasteiger partial charge in [0.1, 0.15) is 17.4 Å². The van der Waals surface area contributed by atoms with Crippen LogP contribution in [0, 0.1) is 35.7 Å². The molecule has 0 spiro atoms. The zero-order chi connectivity index (χ0) is 14.2. The topological polar surface area (TPSA) is 63.2 Å². The van der Waals surface area contributed by atoms with Crippen molar-refractivity contribution in [1.82, 2.24) is 0 Å². The Morgan fingerprint density at radius 2 is 2.00 bits per heavy atom. The van der Waals surface area contributed by atoms with Crippen LogP contribution in [-0.2, 0) is 0 Å². The molecule has 0 radical (unpaired) electrons. The van der Waals surface area contributed by atoms with E-state index in [-0.39, 0.29) is 12.2 Å². The van der Waals surface area contributed by atoms with Crippen LogP contribution in [0.15, 0.2) is 15.3 Å². The van der Waals surface area contributed by atoms with Crippen molar-refractivity contribution in [3.8, 4) is 11.8 Å². The summed E-state index contributed by atoms with van der Waals surface area (Å²) >= 11 is 2.16. The summed E-state index contributed by atoms with van der Waals surface area (Å²) in [5.74, 6) is 0.598. The lowest BCUT2D eigenvalue weighted by molar-refractivity contribution is 0.362. The van der Waals surface area contributed by atoms with E-state index in [1.54, 1.807) is 6.92 Å². The smallest absolute Gasteiger partial charge is 0.339 e. The number of rotatable bonds is 2. The first-order valence-corrected chi connectivity index (χ1v) is 6.78. The maximum atomic E-state index is 11.8. The molecule has 4 nitrogen and oxygen atoms in total. The third kappa shape index (κ3) is 2.32. The molecule has 0 bridgehead atoms. The molecule has 0 fully saturated rings. The summed E-state index contributed by atoms with van der Waals surface area (Å²) in [4.78, 5) is 11.8. The molecular formula is C14H12INO3. The Balaban J connectivity index is 2.82. The number of hydrogen-bond donors (Lipinski definition) is 0. The molecule has 0 aliphatic carbocycles. The Morgan fingerprint density at radius 1 is 1.32 bits per heavy atom. The largest absolute Gasteiger partial charge is 0.477 e. The van der Waals surface area contributed by atoms with E-state index < -0.39 is 0 Å². The first-order chi connectivity index (χ1) is 8.97. The minimum atomic E-state index is -0.333. The number of aryl methyl sites for hydroxylation is 2. The highest BCUT2D eigenvalue weighted by Gasteiger charge is 2.16. The fourth-order valence-electron chi connectivity index (χ4n) is 1.96. The van der Waals surface area contributed by atoms with Crippen LogP contribution in [0.4, 0.5) is 0 Å². The van der Waals surface area contributed by atoms with Crippen LogP contribution in [0.2, 0.25) is 0 Å². The molecule has 0 amide bonds. The van der Waals surface area contributed by atoms with Crippen LogP contribution < -0.4 is 10.4 Å². The van der Waals surface area contributed by atoms with Gasteiger partial charge in [-0.15, -0.1) is 0 Å². The molecule has 0 aliphatic heterocycles. The molecule has 2 rings (SSSR count). The predicted octanol–water partition coefficient (Wildman–Crippen LogP) is 3.23. The lowest BCUT2D eigenvalue weighted by Crippen LogP contribution is -2.07. The third-order valence-corrected chi connectivity index (χ3v) is 3.96. The van der Waals surface area contributed by atoms with Crippen LogP contribution >= 0.6 is 22.6 Å². The fraction of sp³-hybridized carbons (Fsp3) is 0.286. The van der Waals surface area contributed by atoms with Crippen LogP contribution in [0.25, 0.3) is 11.0 Å². The van der Waals surface area contributed by atoms with Crippen molar-refractivity contribution >= 4 is 33.6 Å². The van der Waals surface area contributed by atoms with Gasteiger partial charge >= 0.3 is 5.63 Å². The van der Waals surface area contributed by atoms with E-state index in [1.807, 2.05) is 26.0 Å². The van der Waals surface area contributed by atoms with Crippen molar-refractivity contribution in [2.45, 2.75) is 20.8 Å². The van der Waals surface area contributed by atoms with E-state index in [9.17, 15) is 4.79 Å². The van der Waals surface area contributed by atoms with E-state index in [0.717, 1.165) is 20.1 Å². The molecule has 0 saturated heterocycles. The van der Waals surface area contributed by atoms with Gasteiger partial charge in [-0.05, 0) is 55.0 Å². The number of nitrogens with zero attached hydrogens (tertiary/aromatic N) is 1. The number of fused-ring (bicyclic) bond motifs is 1. The van der Waals surface area contributed by atoms with Crippen LogP contribution in [-0.4, -0.2) is 6.61 Å². The highest BCUT2D eigenvalue weighted by Crippen LogP contribution is 2.33. The maximum absolute atomic E-state index is 11.8. The zero-order valence-corrected chi connectivity index (χ0v) is 13.0. The third-order valence-electron chi connectivity index (χ3n) is 3.16. The molecule has 0 atom stereocenters. The predicted molar refractivity (Wildman–Crippen MR) is 80.5 cm³/mol. The van der Waals surface area contributed by atoms with Crippen molar-refractivity contribution in [1.29, 1.82) is 5.26 Å². The zero-order valence-electron chi connectivity index (χ0n) is 10.8. The minimum Gasteiger partial charge on any atom is -0.477 e. The second kappa shape index (κ2) is 5.21. The van der Waals surface area contributed by atoms with Gasteiger partial charge < -0.3 is 9.15 Å². The lowest BCUT2D eigenvalue weighted by atomic mass is 10.0. The van der Waals surface area contributed by atoms with E-state index in [0.29, 0.717) is 16.9 Å². The van der Waals surface area contributed by atoms with E-state index in [4.69, 9.17) is 14.4 Å². The van der Waals surface area contributed by atoms with Crippen LogP contribution in [0.1, 0.15) is 16.7 Å². The quantitative estimate of drug-likeness (QED) is 0.602. The van der Waals surface area contributed by atoms with Gasteiger partial charge in [-0.1, -0.05) is 0 Å². The summed E-state index contributed by atoms with van der Waals surface area (Å²) < 4.78 is 11.7. The van der Waals surface area contributed by atoms with Crippen LogP contribution in [0.5, 0.6) is 5.75 Å². The Kier molecular flexibility index (Phi) is 3.80. The summed E-state index contributed by atoms with van der Waals surface area (Å²) in [5.41, 5.74) is 2.48. The van der Waals surface area contributed by atoms with Gasteiger partial charge in [-0.2, -0.15) is 5.26 Å². The van der Waals surface area contributed by atoms with E-state index in [2.05, 4.69) is 22.6 Å². The lowest BCUT2D eigenvalue weighted by Gasteiger charge is -2.12. The normalized spacial score (nSPS) is 10.5. The minimum absolute atomic E-state index is 0.0303. The van der Waals surface area contributed by atoms with Crippen molar-refractivity contribution in [2.24, 2.45) is 0 Å². The van der Waals surface area contributed by atoms with Crippen molar-refractivity contribution < 1.29 is 9.15 Å². The highest BCUT2D eigenvalue weighted by molar-refractivity contribution is 14.1. The van der Waals surface area contributed by atoms with Crippen molar-refractivity contribution in [3.05, 3.63) is 36.7 Å². The molecule has 5 heteroatoms. The molecule has 0 saturated carbocycles. The first kappa shape index (κ1) is 13.9. The molecule has 0 N–H and O–H groups in total. The average molecular weight is 369 g/mol.